The zero-order valence-corrected chi connectivity index (χ0v) is 51.7. The molecular weight excluding hydrogens is 1090 g/mol. The number of likely N-dealkylation sites (N-methyl/N-ethyl adjacent to an activating group) is 2. The van der Waals surface area contributed by atoms with Crippen LogP contribution in [-0.2, 0) is 75.0 Å². The number of nitrogens with one attached hydrogen (secondary N) is 1. The van der Waals surface area contributed by atoms with E-state index >= 15 is 0 Å². The van der Waals surface area contributed by atoms with Gasteiger partial charge in [-0.15, -0.1) is 5.10 Å². The molecule has 22 heteroatoms. The molecule has 9 atom stereocenters. The lowest BCUT2D eigenvalue weighted by Gasteiger charge is -2.41. The highest BCUT2D eigenvalue weighted by molar-refractivity contribution is 5.93. The maximum Gasteiger partial charge on any atom is 0.326 e. The van der Waals surface area contributed by atoms with Gasteiger partial charge in [0.25, 0.3) is 0 Å². The molecule has 4 rings (SSSR count). The van der Waals surface area contributed by atoms with Gasteiger partial charge in [0, 0.05) is 65.1 Å². The molecule has 2 heterocycles. The summed E-state index contributed by atoms with van der Waals surface area (Å²) in [5.74, 6) is 0.334. The molecule has 1 saturated heterocycles. The number of aliphatic carboxylic acids is 1. The van der Waals surface area contributed by atoms with Crippen molar-refractivity contribution in [3.8, 4) is 23.6 Å². The van der Waals surface area contributed by atoms with E-state index in [0.717, 1.165) is 16.8 Å². The third-order valence-electron chi connectivity index (χ3n) is 15.6. The first-order valence-electron chi connectivity index (χ1n) is 29.6. The van der Waals surface area contributed by atoms with Gasteiger partial charge in [-0.2, -0.15) is 5.26 Å². The van der Waals surface area contributed by atoms with Crippen molar-refractivity contribution in [3.05, 3.63) is 77.6 Å². The highest BCUT2D eigenvalue weighted by atomic mass is 16.6. The van der Waals surface area contributed by atoms with Gasteiger partial charge < -0.3 is 58.3 Å². The van der Waals surface area contributed by atoms with Gasteiger partial charge in [0.2, 0.25) is 23.6 Å². The Labute approximate surface area is 502 Å². The number of nitrogens with zero attached hydrogens (tertiary/aromatic N) is 7. The number of carboxylic acids is 1. The summed E-state index contributed by atoms with van der Waals surface area (Å²) in [7, 11) is 6.31. The van der Waals surface area contributed by atoms with E-state index in [1.54, 1.807) is 72.0 Å². The van der Waals surface area contributed by atoms with E-state index in [-0.39, 0.29) is 86.8 Å². The van der Waals surface area contributed by atoms with Crippen molar-refractivity contribution >= 4 is 35.4 Å². The molecule has 85 heavy (non-hydrogen) atoms. The summed E-state index contributed by atoms with van der Waals surface area (Å²) in [6, 6.07) is 15.2. The molecule has 1 aliphatic heterocycles. The smallest absolute Gasteiger partial charge is 0.326 e. The summed E-state index contributed by atoms with van der Waals surface area (Å²) in [5.41, 5.74) is 2.97. The van der Waals surface area contributed by atoms with Crippen molar-refractivity contribution in [3.63, 3.8) is 0 Å². The van der Waals surface area contributed by atoms with Crippen LogP contribution in [-0.4, -0.2) is 201 Å². The minimum absolute atomic E-state index is 0.0463. The number of ether oxygens (including phenoxy) is 7. The number of carboxylic acid groups (broad SMARTS) is 1. The summed E-state index contributed by atoms with van der Waals surface area (Å²) < 4.78 is 41.8. The first-order valence-corrected chi connectivity index (χ1v) is 29.6. The van der Waals surface area contributed by atoms with Crippen LogP contribution in [0.2, 0.25) is 0 Å². The van der Waals surface area contributed by atoms with Gasteiger partial charge in [-0.05, 0) is 60.4 Å². The molecular formula is C63H92N8O14. The van der Waals surface area contributed by atoms with Gasteiger partial charge in [-0.1, -0.05) is 96.4 Å². The van der Waals surface area contributed by atoms with E-state index < -0.39 is 60.1 Å². The molecule has 2 N–H and O–H groups in total. The van der Waals surface area contributed by atoms with Gasteiger partial charge in [0.05, 0.1) is 127 Å². The van der Waals surface area contributed by atoms with Crippen LogP contribution in [0.4, 0.5) is 0 Å². The van der Waals surface area contributed by atoms with Crippen molar-refractivity contribution in [2.24, 2.45) is 29.6 Å². The second-order valence-electron chi connectivity index (χ2n) is 22.2. The van der Waals surface area contributed by atoms with E-state index in [1.807, 2.05) is 71.9 Å². The number of hydrogen-bond donors (Lipinski definition) is 2. The van der Waals surface area contributed by atoms with Gasteiger partial charge in [0.15, 0.2) is 11.9 Å². The predicted molar refractivity (Wildman–Crippen MR) is 317 cm³/mol. The lowest BCUT2D eigenvalue weighted by molar-refractivity contribution is -0.150. The number of likely N-dealkylation sites (tertiary alicyclic amines) is 1. The number of nitriles is 1. The van der Waals surface area contributed by atoms with Crippen LogP contribution < -0.4 is 5.32 Å². The summed E-state index contributed by atoms with van der Waals surface area (Å²) in [5, 5.41) is 29.6. The monoisotopic (exact) mass is 1180 g/mol. The SMILES string of the molecule is CC[C@H](C)[C@@H]([C@@H](CC(=O)N1CCC[C@H]1[C@H](OC)[C@@H](C)C(=O)N[C@@H](Cc1ccccc1)C(=O)O)OC)N(C)C(=O)[C@@H](CC(=O)[C@H](C(C)C)N(C)C(=O)CCOCCOCCOCCOCCOCc1cn(-c2ccc(C#CC#N)cc2)nn1)C(C)C. The summed E-state index contributed by atoms with van der Waals surface area (Å²) in [6.45, 7) is 16.9. The highest BCUT2D eigenvalue weighted by Gasteiger charge is 2.44. The van der Waals surface area contributed by atoms with Crippen LogP contribution in [0.1, 0.15) is 104 Å². The molecule has 0 bridgehead atoms. The zero-order chi connectivity index (χ0) is 62.4. The van der Waals surface area contributed by atoms with Crippen LogP contribution in [0.25, 0.3) is 5.69 Å². The van der Waals surface area contributed by atoms with E-state index in [9.17, 15) is 33.9 Å². The average molecular weight is 1190 g/mol. The quantitative estimate of drug-likeness (QED) is 0.0521. The number of ketones is 1. The molecule has 4 amide bonds. The van der Waals surface area contributed by atoms with Crippen molar-refractivity contribution in [2.45, 2.75) is 136 Å². The lowest BCUT2D eigenvalue weighted by atomic mass is 9.83. The highest BCUT2D eigenvalue weighted by Crippen LogP contribution is 2.31. The molecule has 0 radical (unpaired) electrons. The van der Waals surface area contributed by atoms with E-state index in [1.165, 1.54) is 19.1 Å². The first-order chi connectivity index (χ1) is 40.8. The number of aromatic nitrogens is 3. The molecule has 0 aliphatic carbocycles. The minimum atomic E-state index is -1.16. The number of carbonyl (C=O) groups is 6. The molecule has 1 aromatic heterocycles. The number of methoxy groups -OCH3 is 2. The van der Waals surface area contributed by atoms with E-state index in [2.05, 4.69) is 27.5 Å². The molecule has 1 fully saturated rings. The van der Waals surface area contributed by atoms with Crippen LogP contribution in [0.3, 0.4) is 0 Å². The topological polar surface area (TPSA) is 264 Å². The number of carbonyl (C=O) groups excluding carboxylic acids is 5. The Bertz CT molecular complexity index is 2640. The minimum Gasteiger partial charge on any atom is -0.480 e. The Morgan fingerprint density at radius 1 is 0.788 bits per heavy atom. The fourth-order valence-electron chi connectivity index (χ4n) is 10.7. The molecule has 3 aromatic rings. The van der Waals surface area contributed by atoms with Crippen molar-refractivity contribution in [1.29, 1.82) is 5.26 Å². The molecule has 468 valence electrons. The Morgan fingerprint density at radius 2 is 1.40 bits per heavy atom. The first kappa shape index (κ1) is 70.9. The van der Waals surface area contributed by atoms with E-state index in [4.69, 9.17) is 38.4 Å². The van der Waals surface area contributed by atoms with Gasteiger partial charge >= 0.3 is 5.97 Å². The number of hydrogen-bond acceptors (Lipinski definition) is 16. The molecule has 0 saturated carbocycles. The number of benzene rings is 2. The number of amides is 4. The van der Waals surface area contributed by atoms with Gasteiger partial charge in [-0.3, -0.25) is 24.0 Å². The Morgan fingerprint density at radius 3 is 1.95 bits per heavy atom. The second kappa shape index (κ2) is 37.7. The number of rotatable bonds is 40. The Balaban J connectivity index is 1.18. The van der Waals surface area contributed by atoms with Crippen molar-refractivity contribution < 1.29 is 67.0 Å². The summed E-state index contributed by atoms with van der Waals surface area (Å²) >= 11 is 0. The van der Waals surface area contributed by atoms with Gasteiger partial charge in [-0.25, -0.2) is 9.48 Å². The Kier molecular flexibility index (Phi) is 31.4. The van der Waals surface area contributed by atoms with Crippen LogP contribution in [0.15, 0.2) is 60.8 Å². The molecule has 1 aliphatic rings. The van der Waals surface area contributed by atoms with Gasteiger partial charge in [0.1, 0.15) is 11.7 Å². The molecule has 0 unspecified atom stereocenters. The van der Waals surface area contributed by atoms with Crippen molar-refractivity contribution in [2.75, 3.05) is 94.3 Å². The van der Waals surface area contributed by atoms with Crippen LogP contribution in [0.5, 0.6) is 0 Å². The van der Waals surface area contributed by atoms with Crippen LogP contribution in [0, 0.1) is 52.8 Å². The lowest BCUT2D eigenvalue weighted by Crippen LogP contribution is -2.55. The van der Waals surface area contributed by atoms with E-state index in [0.29, 0.717) is 77.7 Å². The predicted octanol–water partition coefficient (Wildman–Crippen LogP) is 5.56. The van der Waals surface area contributed by atoms with Crippen molar-refractivity contribution in [1.82, 2.24) is 35.0 Å². The molecule has 22 nitrogen and oxygen atoms in total. The third kappa shape index (κ3) is 22.6. The fourth-order valence-corrected chi connectivity index (χ4v) is 10.7. The van der Waals surface area contributed by atoms with Crippen LogP contribution >= 0.6 is 0 Å². The third-order valence-corrected chi connectivity index (χ3v) is 15.6. The molecule has 0 spiro atoms. The number of Topliss-reactive ketones (excluding diaryl/α,β-unsaturated/α-hetero) is 1. The maximum absolute atomic E-state index is 14.7. The fraction of sp³-hybridized carbons (Fsp3) is 0.635. The largest absolute Gasteiger partial charge is 0.480 e. The Hall–Kier alpha value is -6.63. The summed E-state index contributed by atoms with van der Waals surface area (Å²) in [6.07, 6.45) is 2.20. The average Bonchev–Trinajstić information content (AvgIpc) is 4.39. The maximum atomic E-state index is 14.7. The molecule has 2 aromatic carbocycles. The zero-order valence-electron chi connectivity index (χ0n) is 51.7. The standard InChI is InChI=1S/C63H92N8O14/c1-12-45(6)59(55(79-10)40-57(74)70-28-17-21-53(70)60(80-11)46(7)61(75)65-52(63(77)78)38-48-18-14-13-15-19-48)69(9)62(76)51(43(2)3)39-54(72)58(44(4)5)68(8)56(73)26-29-81-30-31-82-32-33-83-34-35-84-36-37-85-42-49-41-71(67-66-49)50-24-22-47(23-25-50)20-16-27-64/h13-15,18-19,22-25,41,43-46,51-53,55,58-60H,12,17,21,26,28-40,42H2,1-11H3,(H,65,75)(H,77,78)/t45-,46+,51-,52-,53-,55+,58-,59-,60+/m0/s1. The summed E-state index contributed by atoms with van der Waals surface area (Å²) in [4.78, 5) is 87.7. The normalized spacial score (nSPS) is 16.0. The second-order valence-corrected chi connectivity index (χ2v) is 22.2.